The van der Waals surface area contributed by atoms with Crippen molar-refractivity contribution < 1.29 is 23.8 Å². The van der Waals surface area contributed by atoms with Gasteiger partial charge in [-0.15, -0.1) is 0 Å². The first kappa shape index (κ1) is 33.3. The second-order valence-electron chi connectivity index (χ2n) is 12.2. The molecule has 1 aromatic heterocycles. The van der Waals surface area contributed by atoms with Crippen LogP contribution in [0.1, 0.15) is 48.2 Å². The fourth-order valence-corrected chi connectivity index (χ4v) is 7.55. The first-order valence-electron chi connectivity index (χ1n) is 16.2. The molecule has 2 aliphatic rings. The monoisotopic (exact) mass is 670 g/mol. The van der Waals surface area contributed by atoms with Crippen molar-refractivity contribution in [1.82, 2.24) is 15.2 Å². The summed E-state index contributed by atoms with van der Waals surface area (Å²) < 4.78 is 17.3. The molecule has 2 atom stereocenters. The van der Waals surface area contributed by atoms with E-state index in [-0.39, 0.29) is 17.2 Å². The maximum absolute atomic E-state index is 14.2. The lowest BCUT2D eigenvalue weighted by atomic mass is 9.95. The highest BCUT2D eigenvalue weighted by Gasteiger charge is 2.32. The number of nitrogens with one attached hydrogen (secondary N) is 3. The number of anilines is 1. The molecule has 252 valence electrons. The lowest BCUT2D eigenvalue weighted by Crippen LogP contribution is -2.45. The second kappa shape index (κ2) is 14.2. The van der Waals surface area contributed by atoms with Gasteiger partial charge in [0, 0.05) is 54.2 Å². The molecule has 48 heavy (non-hydrogen) atoms. The number of carbonyl (C=O) groups is 2. The number of ether oxygens (including phenoxy) is 3. The Morgan fingerprint density at radius 2 is 1.83 bits per heavy atom. The zero-order valence-electron chi connectivity index (χ0n) is 28.0. The molecule has 6 rings (SSSR count). The third kappa shape index (κ3) is 6.31. The SMILES string of the molecule is COc1cc2c(c(OC)c1OC)-c1ccc(N[C@@H](CCSC)C(=O)N3CCc4[nH]c5ccccc5c4C3)c(=O)cc1[C@@H](NC(C)=O)CC2. The third-order valence-electron chi connectivity index (χ3n) is 9.35. The number of aromatic amines is 1. The van der Waals surface area contributed by atoms with E-state index in [9.17, 15) is 14.4 Å². The van der Waals surface area contributed by atoms with Crippen molar-refractivity contribution in [2.75, 3.05) is 45.2 Å². The molecule has 2 heterocycles. The van der Waals surface area contributed by atoms with E-state index in [1.54, 1.807) is 45.2 Å². The summed E-state index contributed by atoms with van der Waals surface area (Å²) >= 11 is 1.66. The summed E-state index contributed by atoms with van der Waals surface area (Å²) in [6.45, 7) is 2.58. The van der Waals surface area contributed by atoms with Crippen LogP contribution in [0.15, 0.2) is 53.3 Å². The van der Waals surface area contributed by atoms with E-state index >= 15 is 0 Å². The minimum absolute atomic E-state index is 0.0348. The number of fused-ring (bicyclic) bond motifs is 6. The second-order valence-corrected chi connectivity index (χ2v) is 13.2. The normalized spacial score (nSPS) is 15.8. The molecule has 0 radical (unpaired) electrons. The lowest BCUT2D eigenvalue weighted by molar-refractivity contribution is -0.133. The summed E-state index contributed by atoms with van der Waals surface area (Å²) in [4.78, 5) is 46.0. The van der Waals surface area contributed by atoms with Crippen LogP contribution in [-0.2, 0) is 29.0 Å². The molecule has 0 bridgehead atoms. The van der Waals surface area contributed by atoms with E-state index in [1.807, 2.05) is 35.4 Å². The van der Waals surface area contributed by atoms with Crippen LogP contribution >= 0.6 is 11.8 Å². The maximum atomic E-state index is 14.2. The molecule has 4 aromatic rings. The van der Waals surface area contributed by atoms with Gasteiger partial charge >= 0.3 is 0 Å². The first-order chi connectivity index (χ1) is 23.3. The standard InChI is InChI=1S/C37H42N4O6S/c1-21(42)38-28-12-10-22-18-33(45-2)35(46-3)36(47-4)34(22)24-11-13-30(32(43)19-25(24)28)40-31(15-17-48-5)37(44)41-16-14-29-26(20-41)23-8-6-7-9-27(23)39-29/h6-9,11,13,18-19,28,31,39H,10,12,14-17,20H2,1-5H3,(H,38,42)(H,40,43)/t28-,31-/m0/s1. The van der Waals surface area contributed by atoms with Crippen molar-refractivity contribution in [2.24, 2.45) is 0 Å². The number of para-hydroxylation sites is 1. The molecule has 0 saturated carbocycles. The van der Waals surface area contributed by atoms with Crippen molar-refractivity contribution >= 4 is 40.2 Å². The lowest BCUT2D eigenvalue weighted by Gasteiger charge is -2.31. The summed E-state index contributed by atoms with van der Waals surface area (Å²) in [5.41, 5.74) is 6.57. The Bertz CT molecular complexity index is 1920. The summed E-state index contributed by atoms with van der Waals surface area (Å²) in [7, 11) is 4.71. The minimum atomic E-state index is -0.601. The number of aryl methyl sites for hydroxylation is 1. The van der Waals surface area contributed by atoms with Crippen LogP contribution in [0.3, 0.4) is 0 Å². The van der Waals surface area contributed by atoms with Gasteiger partial charge in [-0.1, -0.05) is 24.3 Å². The summed E-state index contributed by atoms with van der Waals surface area (Å²) in [6.07, 6.45) is 4.47. The van der Waals surface area contributed by atoms with E-state index in [2.05, 4.69) is 27.8 Å². The van der Waals surface area contributed by atoms with Crippen molar-refractivity contribution in [3.8, 4) is 28.4 Å². The zero-order valence-corrected chi connectivity index (χ0v) is 28.8. The minimum Gasteiger partial charge on any atom is -0.493 e. The molecule has 1 aliphatic carbocycles. The number of benzene rings is 2. The number of hydrogen-bond acceptors (Lipinski definition) is 8. The van der Waals surface area contributed by atoms with Crippen LogP contribution in [0.5, 0.6) is 17.2 Å². The molecular formula is C37H42N4O6S. The molecular weight excluding hydrogens is 628 g/mol. The molecule has 3 aromatic carbocycles. The van der Waals surface area contributed by atoms with Crippen molar-refractivity contribution in [2.45, 2.75) is 51.2 Å². The predicted molar refractivity (Wildman–Crippen MR) is 191 cm³/mol. The van der Waals surface area contributed by atoms with Crippen LogP contribution in [0.4, 0.5) is 5.69 Å². The highest BCUT2D eigenvalue weighted by Crippen LogP contribution is 2.50. The Balaban J connectivity index is 1.40. The van der Waals surface area contributed by atoms with E-state index in [4.69, 9.17) is 14.2 Å². The number of thioether (sulfide) groups is 1. The fraction of sp³-hybridized carbons (Fsp3) is 0.378. The average Bonchev–Trinajstić information content (AvgIpc) is 3.31. The number of carbonyl (C=O) groups excluding carboxylic acids is 2. The van der Waals surface area contributed by atoms with Gasteiger partial charge in [0.15, 0.2) is 11.5 Å². The first-order valence-corrected chi connectivity index (χ1v) is 17.6. The predicted octanol–water partition coefficient (Wildman–Crippen LogP) is 5.46. The quantitative estimate of drug-likeness (QED) is 0.203. The molecule has 10 nitrogen and oxygen atoms in total. The van der Waals surface area contributed by atoms with Gasteiger partial charge in [0.25, 0.3) is 0 Å². The van der Waals surface area contributed by atoms with Gasteiger partial charge in [0.05, 0.1) is 33.1 Å². The molecule has 0 unspecified atom stereocenters. The van der Waals surface area contributed by atoms with Crippen LogP contribution in [0, 0.1) is 0 Å². The van der Waals surface area contributed by atoms with Crippen molar-refractivity contribution in [3.63, 3.8) is 0 Å². The summed E-state index contributed by atoms with van der Waals surface area (Å²) in [6, 6.07) is 14.3. The fourth-order valence-electron chi connectivity index (χ4n) is 7.08. The van der Waals surface area contributed by atoms with Gasteiger partial charge < -0.3 is 34.7 Å². The van der Waals surface area contributed by atoms with E-state index in [1.165, 1.54) is 12.6 Å². The number of rotatable bonds is 10. The zero-order chi connectivity index (χ0) is 33.9. The van der Waals surface area contributed by atoms with Crippen LogP contribution in [-0.4, -0.2) is 67.6 Å². The number of methoxy groups -OCH3 is 3. The summed E-state index contributed by atoms with van der Waals surface area (Å²) in [5.74, 6) is 1.98. The Kier molecular flexibility index (Phi) is 9.86. The maximum Gasteiger partial charge on any atom is 0.245 e. The Hall–Kier alpha value is -4.64. The van der Waals surface area contributed by atoms with Crippen LogP contribution in [0.2, 0.25) is 0 Å². The van der Waals surface area contributed by atoms with Crippen LogP contribution in [0.25, 0.3) is 22.0 Å². The van der Waals surface area contributed by atoms with E-state index in [0.29, 0.717) is 60.9 Å². The Morgan fingerprint density at radius 3 is 2.56 bits per heavy atom. The smallest absolute Gasteiger partial charge is 0.245 e. The third-order valence-corrected chi connectivity index (χ3v) is 9.99. The Morgan fingerprint density at radius 1 is 1.04 bits per heavy atom. The highest BCUT2D eigenvalue weighted by molar-refractivity contribution is 7.98. The van der Waals surface area contributed by atoms with Gasteiger partial charge in [-0.05, 0) is 72.2 Å². The van der Waals surface area contributed by atoms with Gasteiger partial charge in [0.1, 0.15) is 6.04 Å². The number of aromatic nitrogens is 1. The van der Waals surface area contributed by atoms with E-state index < -0.39 is 12.1 Å². The van der Waals surface area contributed by atoms with Crippen molar-refractivity contribution in [1.29, 1.82) is 0 Å². The molecule has 3 N–H and O–H groups in total. The van der Waals surface area contributed by atoms with Crippen molar-refractivity contribution in [3.05, 3.63) is 81.1 Å². The molecule has 1 aliphatic heterocycles. The summed E-state index contributed by atoms with van der Waals surface area (Å²) in [5, 5.41) is 7.54. The largest absolute Gasteiger partial charge is 0.493 e. The topological polar surface area (TPSA) is 122 Å². The molecule has 2 amide bonds. The molecule has 0 spiro atoms. The van der Waals surface area contributed by atoms with Gasteiger partial charge in [-0.3, -0.25) is 14.4 Å². The number of H-pyrrole nitrogens is 1. The van der Waals surface area contributed by atoms with E-state index in [0.717, 1.165) is 45.3 Å². The number of amides is 2. The average molecular weight is 671 g/mol. The van der Waals surface area contributed by atoms with Gasteiger partial charge in [-0.2, -0.15) is 11.8 Å². The van der Waals surface area contributed by atoms with Crippen LogP contribution < -0.4 is 30.3 Å². The molecule has 0 saturated heterocycles. The number of hydrogen-bond donors (Lipinski definition) is 3. The highest BCUT2D eigenvalue weighted by atomic mass is 32.2. The van der Waals surface area contributed by atoms with Gasteiger partial charge in [-0.25, -0.2) is 0 Å². The number of nitrogens with zero attached hydrogens (tertiary/aromatic N) is 1. The molecule has 0 fully saturated rings. The van der Waals surface area contributed by atoms with Gasteiger partial charge in [0.2, 0.25) is 23.0 Å². The molecule has 11 heteroatoms. The Labute approximate surface area is 284 Å².